The summed E-state index contributed by atoms with van der Waals surface area (Å²) in [6.45, 7) is 3.13. The Kier molecular flexibility index (Phi) is 5.71. The zero-order chi connectivity index (χ0) is 15.2. The Morgan fingerprint density at radius 1 is 1.14 bits per heavy atom. The molecule has 5 heteroatoms. The van der Waals surface area contributed by atoms with Crippen molar-refractivity contribution in [3.8, 4) is 5.75 Å². The fourth-order valence-electron chi connectivity index (χ4n) is 1.86. The average molecular weight is 328 g/mol. The van der Waals surface area contributed by atoms with Gasteiger partial charge in [0.1, 0.15) is 11.6 Å². The Balaban J connectivity index is 2.01. The molecule has 0 aromatic heterocycles. The molecule has 0 amide bonds. The topological polar surface area (TPSA) is 21.3 Å². The number of rotatable bonds is 6. The number of nitrogens with one attached hydrogen (secondary N) is 1. The molecule has 2 nitrogen and oxygen atoms in total. The molecule has 0 fully saturated rings. The highest BCUT2D eigenvalue weighted by Gasteiger charge is 2.04. The third-order valence-electron chi connectivity index (χ3n) is 2.81. The Morgan fingerprint density at radius 3 is 2.62 bits per heavy atom. The van der Waals surface area contributed by atoms with Gasteiger partial charge in [-0.1, -0.05) is 30.1 Å². The van der Waals surface area contributed by atoms with Gasteiger partial charge < -0.3 is 10.1 Å². The summed E-state index contributed by atoms with van der Waals surface area (Å²) in [5.74, 6) is 0.318. The van der Waals surface area contributed by atoms with Crippen LogP contribution in [0, 0.1) is 5.82 Å². The highest BCUT2D eigenvalue weighted by Crippen LogP contribution is 2.28. The molecule has 1 N–H and O–H groups in total. The monoisotopic (exact) mass is 327 g/mol. The van der Waals surface area contributed by atoms with E-state index >= 15 is 0 Å². The Bertz CT molecular complexity index is 599. The highest BCUT2D eigenvalue weighted by molar-refractivity contribution is 6.32. The molecule has 2 aromatic carbocycles. The maximum Gasteiger partial charge on any atom is 0.138 e. The Labute approximate surface area is 133 Å². The number of ether oxygens (including phenoxy) is 1. The molecule has 0 spiro atoms. The first kappa shape index (κ1) is 15.9. The van der Waals surface area contributed by atoms with Crippen molar-refractivity contribution in [1.82, 2.24) is 0 Å². The van der Waals surface area contributed by atoms with E-state index in [0.29, 0.717) is 28.9 Å². The van der Waals surface area contributed by atoms with Crippen LogP contribution in [-0.2, 0) is 6.54 Å². The molecule has 21 heavy (non-hydrogen) atoms. The second-order valence-electron chi connectivity index (χ2n) is 4.62. The number of hydrogen-bond acceptors (Lipinski definition) is 2. The van der Waals surface area contributed by atoms with Gasteiger partial charge in [-0.05, 0) is 48.4 Å². The van der Waals surface area contributed by atoms with Crippen LogP contribution in [0.15, 0.2) is 36.4 Å². The van der Waals surface area contributed by atoms with E-state index in [1.54, 1.807) is 12.1 Å². The summed E-state index contributed by atoms with van der Waals surface area (Å²) in [6, 6.07) is 9.92. The van der Waals surface area contributed by atoms with Gasteiger partial charge in [-0.3, -0.25) is 0 Å². The van der Waals surface area contributed by atoms with Crippen molar-refractivity contribution < 1.29 is 9.13 Å². The lowest BCUT2D eigenvalue weighted by Gasteiger charge is -2.11. The molecular formula is C16H16Cl2FNO. The molecule has 0 aliphatic rings. The second-order valence-corrected chi connectivity index (χ2v) is 5.47. The predicted octanol–water partition coefficient (Wildman–Crippen LogP) is 5.53. The van der Waals surface area contributed by atoms with Crippen molar-refractivity contribution in [3.63, 3.8) is 0 Å². The molecule has 0 radical (unpaired) electrons. The lowest BCUT2D eigenvalue weighted by molar-refractivity contribution is 0.317. The average Bonchev–Trinajstić information content (AvgIpc) is 2.43. The first-order valence-corrected chi connectivity index (χ1v) is 7.45. The standard InChI is InChI=1S/C16H16Cl2FNO/c1-2-5-21-16-4-3-14(9-15(16)18)20-10-11-6-12(17)8-13(19)7-11/h3-4,6-9,20H,2,5,10H2,1H3. The summed E-state index contributed by atoms with van der Waals surface area (Å²) in [5.41, 5.74) is 1.60. The van der Waals surface area contributed by atoms with Crippen LogP contribution in [0.4, 0.5) is 10.1 Å². The van der Waals surface area contributed by atoms with E-state index in [1.165, 1.54) is 12.1 Å². The quantitative estimate of drug-likeness (QED) is 0.752. The minimum atomic E-state index is -0.347. The molecule has 0 saturated carbocycles. The number of halogens is 3. The van der Waals surface area contributed by atoms with Crippen molar-refractivity contribution in [1.29, 1.82) is 0 Å². The second kappa shape index (κ2) is 7.53. The van der Waals surface area contributed by atoms with Gasteiger partial charge in [0, 0.05) is 17.3 Å². The van der Waals surface area contributed by atoms with Gasteiger partial charge >= 0.3 is 0 Å². The van der Waals surface area contributed by atoms with E-state index in [0.717, 1.165) is 17.7 Å². The third-order valence-corrected chi connectivity index (χ3v) is 3.33. The first-order chi connectivity index (χ1) is 10.1. The van der Waals surface area contributed by atoms with Gasteiger partial charge in [0.25, 0.3) is 0 Å². The van der Waals surface area contributed by atoms with Gasteiger partial charge in [-0.25, -0.2) is 4.39 Å². The van der Waals surface area contributed by atoms with Crippen LogP contribution in [0.25, 0.3) is 0 Å². The van der Waals surface area contributed by atoms with E-state index in [-0.39, 0.29) is 5.82 Å². The van der Waals surface area contributed by atoms with Crippen molar-refractivity contribution in [3.05, 3.63) is 57.8 Å². The van der Waals surface area contributed by atoms with Gasteiger partial charge in [0.05, 0.1) is 11.6 Å². The van der Waals surface area contributed by atoms with Crippen LogP contribution < -0.4 is 10.1 Å². The predicted molar refractivity (Wildman–Crippen MR) is 86.0 cm³/mol. The lowest BCUT2D eigenvalue weighted by atomic mass is 10.2. The Hall–Kier alpha value is -1.45. The van der Waals surface area contributed by atoms with E-state index in [2.05, 4.69) is 5.32 Å². The zero-order valence-electron chi connectivity index (χ0n) is 11.6. The van der Waals surface area contributed by atoms with Crippen LogP contribution in [0.3, 0.4) is 0 Å². The summed E-state index contributed by atoms with van der Waals surface area (Å²) in [6.07, 6.45) is 0.927. The molecule has 2 rings (SSSR count). The van der Waals surface area contributed by atoms with Gasteiger partial charge in [0.2, 0.25) is 0 Å². The molecule has 0 saturated heterocycles. The lowest BCUT2D eigenvalue weighted by Crippen LogP contribution is -2.01. The molecule has 0 heterocycles. The van der Waals surface area contributed by atoms with Gasteiger partial charge in [-0.15, -0.1) is 0 Å². The smallest absolute Gasteiger partial charge is 0.138 e. The van der Waals surface area contributed by atoms with Crippen molar-refractivity contribution >= 4 is 28.9 Å². The van der Waals surface area contributed by atoms with Crippen LogP contribution in [0.5, 0.6) is 5.75 Å². The molecule has 0 aliphatic heterocycles. The van der Waals surface area contributed by atoms with E-state index in [1.807, 2.05) is 19.1 Å². The summed E-state index contributed by atoms with van der Waals surface area (Å²) in [4.78, 5) is 0. The number of hydrogen-bond donors (Lipinski definition) is 1. The number of benzene rings is 2. The maximum absolute atomic E-state index is 13.2. The van der Waals surface area contributed by atoms with E-state index < -0.39 is 0 Å². The van der Waals surface area contributed by atoms with Crippen molar-refractivity contribution in [2.75, 3.05) is 11.9 Å². The summed E-state index contributed by atoms with van der Waals surface area (Å²) in [5, 5.41) is 4.10. The first-order valence-electron chi connectivity index (χ1n) is 6.69. The zero-order valence-corrected chi connectivity index (χ0v) is 13.1. The largest absolute Gasteiger partial charge is 0.492 e. The summed E-state index contributed by atoms with van der Waals surface area (Å²) >= 11 is 12.0. The van der Waals surface area contributed by atoms with Crippen LogP contribution in [0.2, 0.25) is 10.0 Å². The van der Waals surface area contributed by atoms with E-state index in [9.17, 15) is 4.39 Å². The van der Waals surface area contributed by atoms with Gasteiger partial charge in [-0.2, -0.15) is 0 Å². The molecule has 2 aromatic rings. The summed E-state index contributed by atoms with van der Waals surface area (Å²) < 4.78 is 18.7. The SMILES string of the molecule is CCCOc1ccc(NCc2cc(F)cc(Cl)c2)cc1Cl. The molecule has 0 bridgehead atoms. The normalized spacial score (nSPS) is 10.5. The molecule has 112 valence electrons. The van der Waals surface area contributed by atoms with Crippen molar-refractivity contribution in [2.24, 2.45) is 0 Å². The fourth-order valence-corrected chi connectivity index (χ4v) is 2.34. The third kappa shape index (κ3) is 4.80. The van der Waals surface area contributed by atoms with Crippen molar-refractivity contribution in [2.45, 2.75) is 19.9 Å². The minimum Gasteiger partial charge on any atom is -0.492 e. The highest BCUT2D eigenvalue weighted by atomic mass is 35.5. The maximum atomic E-state index is 13.2. The minimum absolute atomic E-state index is 0.347. The fraction of sp³-hybridized carbons (Fsp3) is 0.250. The molecular weight excluding hydrogens is 312 g/mol. The van der Waals surface area contributed by atoms with Crippen LogP contribution in [0.1, 0.15) is 18.9 Å². The number of anilines is 1. The van der Waals surface area contributed by atoms with Crippen LogP contribution >= 0.6 is 23.2 Å². The van der Waals surface area contributed by atoms with Crippen LogP contribution in [-0.4, -0.2) is 6.61 Å². The van der Waals surface area contributed by atoms with E-state index in [4.69, 9.17) is 27.9 Å². The molecule has 0 atom stereocenters. The Morgan fingerprint density at radius 2 is 1.95 bits per heavy atom. The molecule has 0 unspecified atom stereocenters. The molecule has 0 aliphatic carbocycles. The summed E-state index contributed by atoms with van der Waals surface area (Å²) in [7, 11) is 0. The van der Waals surface area contributed by atoms with Gasteiger partial charge in [0.15, 0.2) is 0 Å².